The molecule has 5 nitrogen and oxygen atoms in total. The SMILES string of the molecule is CN(CCCl)c1ccc(CNCCCCCNC(=O)OC(C)(C)C)cc1. The van der Waals surface area contributed by atoms with E-state index < -0.39 is 5.60 Å². The highest BCUT2D eigenvalue weighted by Crippen LogP contribution is 2.13. The Morgan fingerprint density at radius 2 is 1.77 bits per heavy atom. The fourth-order valence-electron chi connectivity index (χ4n) is 2.41. The van der Waals surface area contributed by atoms with Crippen LogP contribution in [0, 0.1) is 0 Å². The number of alkyl halides is 1. The molecule has 0 aliphatic carbocycles. The number of ether oxygens (including phenoxy) is 1. The highest BCUT2D eigenvalue weighted by molar-refractivity contribution is 6.18. The summed E-state index contributed by atoms with van der Waals surface area (Å²) >= 11 is 5.77. The molecule has 148 valence electrons. The Hall–Kier alpha value is -1.46. The molecular formula is C20H34ClN3O2. The monoisotopic (exact) mass is 383 g/mol. The summed E-state index contributed by atoms with van der Waals surface area (Å²) in [6.07, 6.45) is 2.79. The molecule has 0 aliphatic heterocycles. The molecule has 0 unspecified atom stereocenters. The Kier molecular flexibility index (Phi) is 10.4. The topological polar surface area (TPSA) is 53.6 Å². The van der Waals surface area contributed by atoms with E-state index in [-0.39, 0.29) is 6.09 Å². The van der Waals surface area contributed by atoms with Crippen molar-refractivity contribution in [1.29, 1.82) is 0 Å². The normalized spacial score (nSPS) is 11.3. The lowest BCUT2D eigenvalue weighted by Gasteiger charge is -2.19. The number of alkyl carbamates (subject to hydrolysis) is 1. The number of amides is 1. The van der Waals surface area contributed by atoms with Crippen LogP contribution < -0.4 is 15.5 Å². The molecule has 1 rings (SSSR count). The lowest BCUT2D eigenvalue weighted by Crippen LogP contribution is -2.33. The quantitative estimate of drug-likeness (QED) is 0.445. The summed E-state index contributed by atoms with van der Waals surface area (Å²) in [6, 6.07) is 8.56. The maximum absolute atomic E-state index is 11.5. The van der Waals surface area contributed by atoms with Crippen LogP contribution in [0.2, 0.25) is 0 Å². The molecule has 0 aromatic heterocycles. The number of carbonyl (C=O) groups excluding carboxylic acids is 1. The van der Waals surface area contributed by atoms with Crippen LogP contribution in [0.4, 0.5) is 10.5 Å². The minimum Gasteiger partial charge on any atom is -0.444 e. The van der Waals surface area contributed by atoms with Gasteiger partial charge in [-0.1, -0.05) is 18.6 Å². The maximum Gasteiger partial charge on any atom is 0.407 e. The van der Waals surface area contributed by atoms with Gasteiger partial charge >= 0.3 is 6.09 Å². The zero-order valence-electron chi connectivity index (χ0n) is 16.6. The van der Waals surface area contributed by atoms with E-state index in [1.165, 1.54) is 11.3 Å². The standard InChI is InChI=1S/C20H34ClN3O2/c1-20(2,3)26-19(25)23-14-7-5-6-13-22-16-17-8-10-18(11-9-17)24(4)15-12-21/h8-11,22H,5-7,12-16H2,1-4H3,(H,23,25). The van der Waals surface area contributed by atoms with Gasteiger partial charge in [-0.15, -0.1) is 11.6 Å². The molecule has 0 spiro atoms. The van der Waals surface area contributed by atoms with Crippen molar-refractivity contribution >= 4 is 23.4 Å². The summed E-state index contributed by atoms with van der Waals surface area (Å²) < 4.78 is 5.20. The van der Waals surface area contributed by atoms with E-state index in [4.69, 9.17) is 16.3 Å². The largest absolute Gasteiger partial charge is 0.444 e. The predicted octanol–water partition coefficient (Wildman–Crippen LogP) is 4.15. The van der Waals surface area contributed by atoms with Gasteiger partial charge < -0.3 is 20.3 Å². The van der Waals surface area contributed by atoms with Crippen LogP contribution in [-0.4, -0.2) is 44.3 Å². The molecule has 0 atom stereocenters. The van der Waals surface area contributed by atoms with Crippen molar-refractivity contribution in [1.82, 2.24) is 10.6 Å². The number of nitrogens with one attached hydrogen (secondary N) is 2. The fraction of sp³-hybridized carbons (Fsp3) is 0.650. The predicted molar refractivity (Wildman–Crippen MR) is 110 cm³/mol. The molecule has 1 amide bonds. The van der Waals surface area contributed by atoms with E-state index in [2.05, 4.69) is 39.8 Å². The van der Waals surface area contributed by atoms with Crippen LogP contribution in [0.1, 0.15) is 45.6 Å². The lowest BCUT2D eigenvalue weighted by atomic mass is 10.2. The van der Waals surface area contributed by atoms with Gasteiger partial charge in [-0.25, -0.2) is 4.79 Å². The second-order valence-corrected chi connectivity index (χ2v) is 7.82. The van der Waals surface area contributed by atoms with Gasteiger partial charge in [0, 0.05) is 38.2 Å². The number of hydrogen-bond donors (Lipinski definition) is 2. The first-order chi connectivity index (χ1) is 12.3. The van der Waals surface area contributed by atoms with Gasteiger partial charge in [-0.2, -0.15) is 0 Å². The molecule has 26 heavy (non-hydrogen) atoms. The summed E-state index contributed by atoms with van der Waals surface area (Å²) in [7, 11) is 2.05. The second-order valence-electron chi connectivity index (χ2n) is 7.44. The van der Waals surface area contributed by atoms with Gasteiger partial charge in [-0.05, 0) is 57.9 Å². The fourth-order valence-corrected chi connectivity index (χ4v) is 2.67. The van der Waals surface area contributed by atoms with Crippen LogP contribution in [0.3, 0.4) is 0 Å². The Morgan fingerprint density at radius 3 is 2.38 bits per heavy atom. The highest BCUT2D eigenvalue weighted by Gasteiger charge is 2.15. The van der Waals surface area contributed by atoms with Crippen molar-refractivity contribution < 1.29 is 9.53 Å². The Labute approximate surface area is 163 Å². The van der Waals surface area contributed by atoms with Gasteiger partial charge in [0.15, 0.2) is 0 Å². The molecule has 0 aliphatic rings. The zero-order chi connectivity index (χ0) is 19.4. The first-order valence-corrected chi connectivity index (χ1v) is 9.89. The van der Waals surface area contributed by atoms with Crippen LogP contribution >= 0.6 is 11.6 Å². The molecule has 0 saturated heterocycles. The van der Waals surface area contributed by atoms with Gasteiger partial charge in [0.2, 0.25) is 0 Å². The average molecular weight is 384 g/mol. The van der Waals surface area contributed by atoms with E-state index in [1.54, 1.807) is 0 Å². The van der Waals surface area contributed by atoms with Crippen molar-refractivity contribution in [2.75, 3.05) is 37.5 Å². The van der Waals surface area contributed by atoms with E-state index in [0.717, 1.165) is 38.9 Å². The lowest BCUT2D eigenvalue weighted by molar-refractivity contribution is 0.0527. The maximum atomic E-state index is 11.5. The third-order valence-corrected chi connectivity index (χ3v) is 3.99. The summed E-state index contributed by atoms with van der Waals surface area (Å²) in [5.41, 5.74) is 2.03. The van der Waals surface area contributed by atoms with Crippen LogP contribution in [-0.2, 0) is 11.3 Å². The molecule has 0 bridgehead atoms. The van der Waals surface area contributed by atoms with Crippen molar-refractivity contribution in [3.05, 3.63) is 29.8 Å². The van der Waals surface area contributed by atoms with Crippen molar-refractivity contribution in [3.63, 3.8) is 0 Å². The van der Waals surface area contributed by atoms with Crippen molar-refractivity contribution in [2.45, 2.75) is 52.2 Å². The van der Waals surface area contributed by atoms with E-state index in [1.807, 2.05) is 27.8 Å². The first kappa shape index (κ1) is 22.6. The molecule has 0 saturated carbocycles. The van der Waals surface area contributed by atoms with Crippen LogP contribution in [0.25, 0.3) is 0 Å². The smallest absolute Gasteiger partial charge is 0.407 e. The molecule has 0 heterocycles. The highest BCUT2D eigenvalue weighted by atomic mass is 35.5. The molecular weight excluding hydrogens is 350 g/mol. The number of hydrogen-bond acceptors (Lipinski definition) is 4. The van der Waals surface area contributed by atoms with Gasteiger partial charge in [0.1, 0.15) is 5.60 Å². The van der Waals surface area contributed by atoms with Crippen LogP contribution in [0.15, 0.2) is 24.3 Å². The number of halogens is 1. The minimum atomic E-state index is -0.439. The molecule has 0 fully saturated rings. The molecule has 6 heteroatoms. The number of nitrogens with zero attached hydrogens (tertiary/aromatic N) is 1. The number of unbranched alkanes of at least 4 members (excludes halogenated alkanes) is 2. The van der Waals surface area contributed by atoms with Gasteiger partial charge in [0.25, 0.3) is 0 Å². The van der Waals surface area contributed by atoms with E-state index in [0.29, 0.717) is 12.4 Å². The number of anilines is 1. The second kappa shape index (κ2) is 12.0. The third kappa shape index (κ3) is 10.5. The van der Waals surface area contributed by atoms with Crippen molar-refractivity contribution in [2.24, 2.45) is 0 Å². The first-order valence-electron chi connectivity index (χ1n) is 9.35. The molecule has 2 N–H and O–H groups in total. The van der Waals surface area contributed by atoms with Gasteiger partial charge in [-0.3, -0.25) is 0 Å². The summed E-state index contributed by atoms with van der Waals surface area (Å²) in [5.74, 6) is 0.632. The summed E-state index contributed by atoms with van der Waals surface area (Å²) in [4.78, 5) is 13.6. The number of benzene rings is 1. The number of rotatable bonds is 11. The third-order valence-electron chi connectivity index (χ3n) is 3.82. The minimum absolute atomic E-state index is 0.337. The Morgan fingerprint density at radius 1 is 1.12 bits per heavy atom. The number of carbonyl (C=O) groups is 1. The molecule has 1 aromatic carbocycles. The van der Waals surface area contributed by atoms with Crippen molar-refractivity contribution in [3.8, 4) is 0 Å². The zero-order valence-corrected chi connectivity index (χ0v) is 17.4. The van der Waals surface area contributed by atoms with E-state index >= 15 is 0 Å². The summed E-state index contributed by atoms with van der Waals surface area (Å²) in [6.45, 7) is 8.95. The Bertz CT molecular complexity index is 515. The van der Waals surface area contributed by atoms with E-state index in [9.17, 15) is 4.79 Å². The summed E-state index contributed by atoms with van der Waals surface area (Å²) in [5, 5.41) is 6.24. The Balaban J connectivity index is 2.06. The van der Waals surface area contributed by atoms with Gasteiger partial charge in [0.05, 0.1) is 0 Å². The molecule has 0 radical (unpaired) electrons. The average Bonchev–Trinajstić information content (AvgIpc) is 2.56. The molecule has 1 aromatic rings. The van der Waals surface area contributed by atoms with Crippen LogP contribution in [0.5, 0.6) is 0 Å².